The molecule has 3 rings (SSSR count). The minimum Gasteiger partial charge on any atom is -0.394 e. The lowest BCUT2D eigenvalue weighted by Gasteiger charge is -2.45. The average Bonchev–Trinajstić information content (AvgIpc) is 3.41. The van der Waals surface area contributed by atoms with Crippen molar-refractivity contribution in [2.24, 2.45) is 10.7 Å². The Bertz CT molecular complexity index is 1190. The maximum atomic E-state index is 13.0. The van der Waals surface area contributed by atoms with Crippen LogP contribution in [0.5, 0.6) is 0 Å². The van der Waals surface area contributed by atoms with Crippen LogP contribution in [0.2, 0.25) is 0 Å². The van der Waals surface area contributed by atoms with Gasteiger partial charge in [-0.2, -0.15) is 0 Å². The smallest absolute Gasteiger partial charge is 0.245 e. The first kappa shape index (κ1) is 35.7. The topological polar surface area (TPSA) is 289 Å². The van der Waals surface area contributed by atoms with Crippen molar-refractivity contribution in [2.75, 3.05) is 32.9 Å². The standard InChI is InChI=1S/C27H41N7O11/c1-13(14-5-3-2-4-6-14)15(9-35)32-20(39)8-29-24(43)16(10-36)33-25(44)17(11-37)31-19-7-30-27(28)34(19)26-23(42)22(41)21(40)18(12-38)45-26/h2-6,9,13,15-19,21-23,26,31,36-38,40-42H,7-8,10-12H2,1H3,(H2,28,30)(H,29,43)(H,32,39)(H,33,44). The van der Waals surface area contributed by atoms with Crippen LogP contribution in [-0.2, 0) is 23.9 Å². The minimum atomic E-state index is -1.71. The predicted octanol–water partition coefficient (Wildman–Crippen LogP) is -6.23. The fourth-order valence-corrected chi connectivity index (χ4v) is 4.94. The summed E-state index contributed by atoms with van der Waals surface area (Å²) >= 11 is 0. The van der Waals surface area contributed by atoms with Gasteiger partial charge in [-0.1, -0.05) is 37.3 Å². The van der Waals surface area contributed by atoms with Gasteiger partial charge in [0.1, 0.15) is 49.0 Å². The molecule has 0 aliphatic carbocycles. The number of aliphatic imine (C=N–C) groups is 1. The molecular weight excluding hydrogens is 598 g/mol. The molecular formula is C27H41N7O11. The third-order valence-electron chi connectivity index (χ3n) is 7.64. The van der Waals surface area contributed by atoms with Crippen LogP contribution >= 0.6 is 0 Å². The zero-order chi connectivity index (χ0) is 33.3. The predicted molar refractivity (Wildman–Crippen MR) is 155 cm³/mol. The Kier molecular flexibility index (Phi) is 13.1. The summed E-state index contributed by atoms with van der Waals surface area (Å²) in [7, 11) is 0. The molecule has 45 heavy (non-hydrogen) atoms. The van der Waals surface area contributed by atoms with Gasteiger partial charge in [0.05, 0.1) is 39.0 Å². The highest BCUT2D eigenvalue weighted by atomic mass is 16.6. The minimum absolute atomic E-state index is 0.103. The van der Waals surface area contributed by atoms with E-state index in [1.54, 1.807) is 31.2 Å². The lowest BCUT2D eigenvalue weighted by molar-refractivity contribution is -0.259. The van der Waals surface area contributed by atoms with Gasteiger partial charge in [-0.3, -0.25) is 24.6 Å². The number of amides is 3. The van der Waals surface area contributed by atoms with Crippen LogP contribution in [0.4, 0.5) is 0 Å². The zero-order valence-corrected chi connectivity index (χ0v) is 24.5. The van der Waals surface area contributed by atoms with Crippen LogP contribution in [-0.4, -0.2) is 153 Å². The molecule has 1 aromatic rings. The number of rotatable bonds is 15. The fraction of sp³-hybridized carbons (Fsp3) is 0.593. The van der Waals surface area contributed by atoms with Gasteiger partial charge in [-0.05, 0) is 5.56 Å². The molecule has 10 atom stereocenters. The number of benzene rings is 1. The second-order valence-electron chi connectivity index (χ2n) is 10.6. The number of nitrogens with zero attached hydrogens (tertiary/aromatic N) is 2. The highest BCUT2D eigenvalue weighted by molar-refractivity contribution is 5.92. The van der Waals surface area contributed by atoms with Crippen molar-refractivity contribution >= 4 is 30.0 Å². The third kappa shape index (κ3) is 8.70. The Morgan fingerprint density at radius 3 is 2.29 bits per heavy atom. The van der Waals surface area contributed by atoms with E-state index in [0.717, 1.165) is 5.56 Å². The highest BCUT2D eigenvalue weighted by Crippen LogP contribution is 2.26. The average molecular weight is 640 g/mol. The van der Waals surface area contributed by atoms with Gasteiger partial charge < -0.3 is 61.9 Å². The molecule has 18 heteroatoms. The summed E-state index contributed by atoms with van der Waals surface area (Å²) in [5.41, 5.74) is 6.76. The van der Waals surface area contributed by atoms with Crippen LogP contribution in [0.1, 0.15) is 18.4 Å². The van der Waals surface area contributed by atoms with Gasteiger partial charge in [-0.25, -0.2) is 4.99 Å². The summed E-state index contributed by atoms with van der Waals surface area (Å²) in [4.78, 5) is 54.9. The first-order chi connectivity index (χ1) is 21.5. The molecule has 1 fully saturated rings. The molecule has 2 heterocycles. The first-order valence-corrected chi connectivity index (χ1v) is 14.2. The number of hydrogen-bond donors (Lipinski definition) is 11. The number of aldehydes is 1. The second-order valence-corrected chi connectivity index (χ2v) is 10.6. The Labute approximate surface area is 258 Å². The number of aliphatic hydroxyl groups is 6. The van der Waals surface area contributed by atoms with E-state index >= 15 is 0 Å². The number of carbonyl (C=O) groups is 4. The van der Waals surface area contributed by atoms with E-state index in [4.69, 9.17) is 10.5 Å². The number of nitrogens with two attached hydrogens (primary N) is 1. The van der Waals surface area contributed by atoms with Gasteiger partial charge in [0.2, 0.25) is 17.7 Å². The van der Waals surface area contributed by atoms with Crippen LogP contribution < -0.4 is 27.0 Å². The zero-order valence-electron chi connectivity index (χ0n) is 24.5. The highest BCUT2D eigenvalue weighted by Gasteiger charge is 2.49. The molecule has 1 aromatic carbocycles. The van der Waals surface area contributed by atoms with E-state index in [1.165, 1.54) is 4.90 Å². The maximum Gasteiger partial charge on any atom is 0.245 e. The maximum absolute atomic E-state index is 13.0. The number of carbonyl (C=O) groups excluding carboxylic acids is 4. The first-order valence-electron chi connectivity index (χ1n) is 14.2. The summed E-state index contributed by atoms with van der Waals surface area (Å²) in [5, 5.41) is 69.8. The molecule has 0 saturated carbocycles. The summed E-state index contributed by atoms with van der Waals surface area (Å²) in [6, 6.07) is 5.19. The third-order valence-corrected chi connectivity index (χ3v) is 7.64. The normalized spacial score (nSPS) is 27.4. The van der Waals surface area contributed by atoms with E-state index in [2.05, 4.69) is 26.3 Å². The SMILES string of the molecule is CC(c1ccccc1)C(C=O)NC(=O)CNC(=O)C(CO)NC(=O)C(CO)NC1CN=C(N)N1C1OC(CO)C(O)C(O)C1O. The lowest BCUT2D eigenvalue weighted by Crippen LogP contribution is -2.68. The van der Waals surface area contributed by atoms with Crippen LogP contribution in [0, 0.1) is 0 Å². The van der Waals surface area contributed by atoms with E-state index < -0.39 is 99.0 Å². The van der Waals surface area contributed by atoms with Gasteiger partial charge in [-0.15, -0.1) is 0 Å². The molecule has 1 saturated heterocycles. The summed E-state index contributed by atoms with van der Waals surface area (Å²) in [6.45, 7) is -1.27. The summed E-state index contributed by atoms with van der Waals surface area (Å²) in [6.07, 6.45) is -8.12. The molecule has 0 bridgehead atoms. The van der Waals surface area contributed by atoms with Gasteiger partial charge in [0, 0.05) is 5.92 Å². The molecule has 10 unspecified atom stereocenters. The van der Waals surface area contributed by atoms with Crippen molar-refractivity contribution in [2.45, 2.75) is 67.8 Å². The molecule has 2 aliphatic rings. The molecule has 12 N–H and O–H groups in total. The molecule has 0 spiro atoms. The number of nitrogens with one attached hydrogen (secondary N) is 4. The summed E-state index contributed by atoms with van der Waals surface area (Å²) in [5.74, 6) is -3.07. The van der Waals surface area contributed by atoms with Crippen molar-refractivity contribution in [3.05, 3.63) is 35.9 Å². The Balaban J connectivity index is 1.56. The Morgan fingerprint density at radius 1 is 1.02 bits per heavy atom. The number of ether oxygens (including phenoxy) is 1. The van der Waals surface area contributed by atoms with Crippen LogP contribution in [0.25, 0.3) is 0 Å². The monoisotopic (exact) mass is 639 g/mol. The Hall–Kier alpha value is -3.75. The lowest BCUT2D eigenvalue weighted by atomic mass is 9.94. The van der Waals surface area contributed by atoms with E-state index in [1.807, 2.05) is 6.07 Å². The van der Waals surface area contributed by atoms with Gasteiger partial charge in [0.25, 0.3) is 0 Å². The number of hydrogen-bond acceptors (Lipinski definition) is 15. The molecule has 2 aliphatic heterocycles. The molecule has 0 aromatic heterocycles. The Morgan fingerprint density at radius 2 is 1.69 bits per heavy atom. The van der Waals surface area contributed by atoms with Crippen molar-refractivity contribution in [1.82, 2.24) is 26.2 Å². The van der Waals surface area contributed by atoms with E-state index in [9.17, 15) is 49.8 Å². The largest absolute Gasteiger partial charge is 0.394 e. The summed E-state index contributed by atoms with van der Waals surface area (Å²) < 4.78 is 5.53. The van der Waals surface area contributed by atoms with Crippen molar-refractivity contribution in [1.29, 1.82) is 0 Å². The quantitative estimate of drug-likeness (QED) is 0.0797. The van der Waals surface area contributed by atoms with E-state index in [0.29, 0.717) is 6.29 Å². The van der Waals surface area contributed by atoms with Crippen molar-refractivity contribution in [3.8, 4) is 0 Å². The van der Waals surface area contributed by atoms with Gasteiger partial charge >= 0.3 is 0 Å². The number of guanidine groups is 1. The van der Waals surface area contributed by atoms with Gasteiger partial charge in [0.15, 0.2) is 12.2 Å². The molecule has 0 radical (unpaired) electrons. The molecule has 3 amide bonds. The van der Waals surface area contributed by atoms with Crippen LogP contribution in [0.15, 0.2) is 35.3 Å². The van der Waals surface area contributed by atoms with Crippen molar-refractivity contribution < 1.29 is 54.6 Å². The second kappa shape index (κ2) is 16.5. The molecule has 18 nitrogen and oxygen atoms in total. The molecule has 250 valence electrons. The fourth-order valence-electron chi connectivity index (χ4n) is 4.94. The number of aliphatic hydroxyl groups excluding tert-OH is 6. The van der Waals surface area contributed by atoms with E-state index in [-0.39, 0.29) is 18.4 Å². The van der Waals surface area contributed by atoms with Crippen molar-refractivity contribution in [3.63, 3.8) is 0 Å². The van der Waals surface area contributed by atoms with Crippen LogP contribution in [0.3, 0.4) is 0 Å².